The normalized spacial score (nSPS) is 10.6. The number of nitrogens with two attached hydrogens (primary N) is 1. The second kappa shape index (κ2) is 4.03. The molecule has 0 aromatic heterocycles. The first-order valence-electron chi connectivity index (χ1n) is 3.28. The van der Waals surface area contributed by atoms with Gasteiger partial charge in [-0.2, -0.15) is 5.10 Å². The highest BCUT2D eigenvalue weighted by molar-refractivity contribution is 8.12. The maximum Gasteiger partial charge on any atom is 0.0842 e. The van der Waals surface area contributed by atoms with Crippen LogP contribution in [0, 0.1) is 6.92 Å². The van der Waals surface area contributed by atoms with Gasteiger partial charge in [0, 0.05) is 4.90 Å². The van der Waals surface area contributed by atoms with E-state index in [9.17, 15) is 0 Å². The van der Waals surface area contributed by atoms with E-state index in [2.05, 4.69) is 24.2 Å². The smallest absolute Gasteiger partial charge is 0.0842 e. The Morgan fingerprint density at radius 1 is 1.55 bits per heavy atom. The van der Waals surface area contributed by atoms with Crippen LogP contribution < -0.4 is 5.84 Å². The highest BCUT2D eigenvalue weighted by atomic mass is 32.2. The first-order valence-corrected chi connectivity index (χ1v) is 4.16. The molecule has 3 heteroatoms. The van der Waals surface area contributed by atoms with Crippen LogP contribution >= 0.6 is 11.8 Å². The van der Waals surface area contributed by atoms with Crippen molar-refractivity contribution in [2.75, 3.05) is 0 Å². The van der Waals surface area contributed by atoms with Crippen molar-refractivity contribution in [3.63, 3.8) is 0 Å². The third-order valence-corrected chi connectivity index (χ3v) is 1.99. The highest BCUT2D eigenvalue weighted by Crippen LogP contribution is 2.15. The summed E-state index contributed by atoms with van der Waals surface area (Å²) in [6.45, 7) is 2.06. The predicted octanol–water partition coefficient (Wildman–Crippen LogP) is 1.99. The molecular formula is C8H10N2S. The fourth-order valence-corrected chi connectivity index (χ4v) is 1.37. The van der Waals surface area contributed by atoms with Crippen molar-refractivity contribution in [2.45, 2.75) is 11.8 Å². The van der Waals surface area contributed by atoms with Gasteiger partial charge in [0.25, 0.3) is 0 Å². The summed E-state index contributed by atoms with van der Waals surface area (Å²) in [6, 6.07) is 8.19. The van der Waals surface area contributed by atoms with Crippen LogP contribution in [-0.2, 0) is 0 Å². The largest absolute Gasteiger partial charge is 0.323 e. The monoisotopic (exact) mass is 166 g/mol. The van der Waals surface area contributed by atoms with Gasteiger partial charge >= 0.3 is 0 Å². The van der Waals surface area contributed by atoms with Crippen molar-refractivity contribution in [1.29, 1.82) is 0 Å². The molecule has 1 aromatic rings. The Balaban J connectivity index is 2.71. The number of hydrogen-bond acceptors (Lipinski definition) is 3. The molecule has 1 aromatic carbocycles. The molecule has 0 aliphatic carbocycles. The fourth-order valence-electron chi connectivity index (χ4n) is 0.780. The summed E-state index contributed by atoms with van der Waals surface area (Å²) in [4.78, 5) is 1.17. The molecule has 0 radical (unpaired) electrons. The van der Waals surface area contributed by atoms with Gasteiger partial charge in [0.05, 0.1) is 5.55 Å². The first-order chi connectivity index (χ1) is 5.33. The Hall–Kier alpha value is -0.960. The SMILES string of the molecule is Cc1cccc(S/C=N/N)c1. The van der Waals surface area contributed by atoms with E-state index in [1.165, 1.54) is 22.2 Å². The summed E-state index contributed by atoms with van der Waals surface area (Å²) in [7, 11) is 0. The van der Waals surface area contributed by atoms with E-state index >= 15 is 0 Å². The van der Waals surface area contributed by atoms with E-state index in [1.54, 1.807) is 5.55 Å². The Bertz CT molecular complexity index is 258. The van der Waals surface area contributed by atoms with Gasteiger partial charge in [0.1, 0.15) is 0 Å². The van der Waals surface area contributed by atoms with Crippen LogP contribution in [0.4, 0.5) is 0 Å². The molecule has 1 rings (SSSR count). The van der Waals surface area contributed by atoms with Gasteiger partial charge in [-0.25, -0.2) is 0 Å². The lowest BCUT2D eigenvalue weighted by atomic mass is 10.2. The zero-order valence-electron chi connectivity index (χ0n) is 6.32. The minimum absolute atomic E-state index is 1.17. The van der Waals surface area contributed by atoms with Crippen molar-refractivity contribution < 1.29 is 0 Å². The summed E-state index contributed by atoms with van der Waals surface area (Å²) >= 11 is 1.52. The minimum Gasteiger partial charge on any atom is -0.323 e. The molecule has 2 nitrogen and oxygen atoms in total. The van der Waals surface area contributed by atoms with Gasteiger partial charge in [0.15, 0.2) is 0 Å². The summed E-state index contributed by atoms with van der Waals surface area (Å²) < 4.78 is 0. The maximum atomic E-state index is 4.96. The lowest BCUT2D eigenvalue weighted by Gasteiger charge is -1.95. The fraction of sp³-hybridized carbons (Fsp3) is 0.125. The van der Waals surface area contributed by atoms with E-state index < -0.39 is 0 Å². The first kappa shape index (κ1) is 8.14. The summed E-state index contributed by atoms with van der Waals surface area (Å²) in [5.41, 5.74) is 2.87. The van der Waals surface area contributed by atoms with Crippen LogP contribution in [0.3, 0.4) is 0 Å². The third-order valence-electron chi connectivity index (χ3n) is 1.24. The molecule has 0 aliphatic rings. The molecule has 0 spiro atoms. The van der Waals surface area contributed by atoms with Crippen molar-refractivity contribution in [3.05, 3.63) is 29.8 Å². The standard InChI is InChI=1S/C8H10N2S/c1-7-3-2-4-8(5-7)11-6-10-9/h2-6H,9H2,1H3/b10-6+. The number of aryl methyl sites for hydroxylation is 1. The second-order valence-corrected chi connectivity index (χ2v) is 3.11. The molecule has 0 saturated heterocycles. The summed E-state index contributed by atoms with van der Waals surface area (Å²) in [5, 5.41) is 3.40. The molecule has 0 fully saturated rings. The zero-order chi connectivity index (χ0) is 8.10. The summed E-state index contributed by atoms with van der Waals surface area (Å²) in [5.74, 6) is 4.96. The Morgan fingerprint density at radius 3 is 3.00 bits per heavy atom. The van der Waals surface area contributed by atoms with E-state index in [4.69, 9.17) is 5.84 Å². The molecule has 0 atom stereocenters. The lowest BCUT2D eigenvalue weighted by molar-refractivity contribution is 1.27. The Morgan fingerprint density at radius 2 is 2.36 bits per heavy atom. The van der Waals surface area contributed by atoms with Crippen LogP contribution in [0.2, 0.25) is 0 Å². The molecule has 2 N–H and O–H groups in total. The Kier molecular flexibility index (Phi) is 2.98. The van der Waals surface area contributed by atoms with E-state index in [0.717, 1.165) is 0 Å². The molecule has 58 valence electrons. The van der Waals surface area contributed by atoms with Crippen molar-refractivity contribution in [1.82, 2.24) is 0 Å². The van der Waals surface area contributed by atoms with Crippen molar-refractivity contribution in [3.8, 4) is 0 Å². The molecular weight excluding hydrogens is 156 g/mol. The van der Waals surface area contributed by atoms with Crippen LogP contribution in [-0.4, -0.2) is 5.55 Å². The number of nitrogens with zero attached hydrogens (tertiary/aromatic N) is 1. The number of hydrazone groups is 1. The van der Waals surface area contributed by atoms with Gasteiger partial charge in [-0.3, -0.25) is 0 Å². The Labute approximate surface area is 70.5 Å². The topological polar surface area (TPSA) is 38.4 Å². The summed E-state index contributed by atoms with van der Waals surface area (Å²) in [6.07, 6.45) is 0. The second-order valence-electron chi connectivity index (χ2n) is 2.19. The molecule has 0 aliphatic heterocycles. The van der Waals surface area contributed by atoms with Gasteiger partial charge in [0.2, 0.25) is 0 Å². The number of rotatable bonds is 2. The average molecular weight is 166 g/mol. The van der Waals surface area contributed by atoms with Crippen LogP contribution in [0.25, 0.3) is 0 Å². The van der Waals surface area contributed by atoms with Crippen LogP contribution in [0.1, 0.15) is 5.56 Å². The highest BCUT2D eigenvalue weighted by Gasteiger charge is 1.89. The van der Waals surface area contributed by atoms with E-state index in [0.29, 0.717) is 0 Å². The van der Waals surface area contributed by atoms with Crippen molar-refractivity contribution >= 4 is 17.3 Å². The number of benzene rings is 1. The van der Waals surface area contributed by atoms with Crippen LogP contribution in [0.5, 0.6) is 0 Å². The number of hydrogen-bond donors (Lipinski definition) is 1. The quantitative estimate of drug-likeness (QED) is 0.240. The molecule has 0 saturated carbocycles. The maximum absolute atomic E-state index is 4.96. The van der Waals surface area contributed by atoms with Gasteiger partial charge in [-0.15, -0.1) is 0 Å². The average Bonchev–Trinajstić information content (AvgIpc) is 2.01. The zero-order valence-corrected chi connectivity index (χ0v) is 7.14. The molecule has 11 heavy (non-hydrogen) atoms. The third kappa shape index (κ3) is 2.63. The predicted molar refractivity (Wildman–Crippen MR) is 49.7 cm³/mol. The minimum atomic E-state index is 1.17. The molecule has 0 heterocycles. The number of thioether (sulfide) groups is 1. The van der Waals surface area contributed by atoms with Gasteiger partial charge < -0.3 is 5.84 Å². The molecule has 0 unspecified atom stereocenters. The van der Waals surface area contributed by atoms with Crippen molar-refractivity contribution in [2.24, 2.45) is 10.9 Å². The molecule has 0 amide bonds. The van der Waals surface area contributed by atoms with E-state index in [-0.39, 0.29) is 0 Å². The van der Waals surface area contributed by atoms with Gasteiger partial charge in [-0.05, 0) is 19.1 Å². The van der Waals surface area contributed by atoms with Gasteiger partial charge in [-0.1, -0.05) is 29.5 Å². The lowest BCUT2D eigenvalue weighted by Crippen LogP contribution is -1.79. The van der Waals surface area contributed by atoms with Crippen LogP contribution in [0.15, 0.2) is 34.3 Å². The molecule has 0 bridgehead atoms. The van der Waals surface area contributed by atoms with E-state index in [1.807, 2.05) is 12.1 Å².